The average Bonchev–Trinajstić information content (AvgIpc) is 1.61. The van der Waals surface area contributed by atoms with E-state index in [1.807, 2.05) is 72.8 Å². The Labute approximate surface area is 590 Å². The van der Waals surface area contributed by atoms with E-state index in [-0.39, 0.29) is 64.8 Å². The molecule has 6 aromatic rings. The molecule has 2 fully saturated rings. The number of likely N-dealkylation sites (tertiary alicyclic amines) is 2. The van der Waals surface area contributed by atoms with E-state index in [1.165, 1.54) is 22.3 Å². The highest BCUT2D eigenvalue weighted by atomic mass is 16.5. The normalized spacial score (nSPS) is 23.0. The summed E-state index contributed by atoms with van der Waals surface area (Å²) in [5.74, 6) is -9.07. The van der Waals surface area contributed by atoms with E-state index in [0.717, 1.165) is 21.5 Å². The van der Waals surface area contributed by atoms with Crippen LogP contribution in [0.15, 0.2) is 134 Å². The Kier molecular flexibility index (Phi) is 25.7. The van der Waals surface area contributed by atoms with Crippen molar-refractivity contribution in [1.29, 1.82) is 0 Å². The number of aromatic nitrogens is 2. The number of amides is 9. The van der Waals surface area contributed by atoms with Crippen LogP contribution in [0.1, 0.15) is 82.7 Å². The number of imidazole rings is 1. The predicted octanol–water partition coefficient (Wildman–Crippen LogP) is 2.13. The molecule has 28 nitrogen and oxygen atoms in total. The summed E-state index contributed by atoms with van der Waals surface area (Å²) in [6.07, 6.45) is 3.59. The number of carboxylic acids is 2. The minimum Gasteiger partial charge on any atom is -0.490 e. The highest BCUT2D eigenvalue weighted by molar-refractivity contribution is 5.98. The van der Waals surface area contributed by atoms with E-state index < -0.39 is 156 Å². The van der Waals surface area contributed by atoms with Crippen LogP contribution in [0.5, 0.6) is 5.75 Å². The van der Waals surface area contributed by atoms with Crippen LogP contribution >= 0.6 is 0 Å². The molecule has 9 amide bonds. The standard InChI is InChI=1S/C74H91N13O15/c1-42(75-6)64(89)83-58(35-51-38-77-41-78-51)70(95)87-40-54-37-61(87)69(94)82-56(33-45-18-22-47-14-8-10-16-49(47)30-45)66(91)80-55(72(97)98)26-27-62(88)79-52-36-60(86(39-52)71(96)63(74(3,4)5)85-65(90)43(2)76-7)68(93)81-57(34-46-19-23-48-15-9-11-17-50(48)31-46)67(92)84-59(73(99)100)32-44-20-24-53(25-21-44)101-28-12-13-29-102-54/h8-25,30-31,38,41-43,52,54-61,63,75-76H,26-29,32-37,39-40H2,1-7H3,(H,77,78)(H,79,88)(H,80,91)(H,81,93)(H,82,94)(H,83,89)(H,84,92)(H,85,90)(H,97,98)(H,99,100)/b13-12+/t42-,43-,52-,54-,55-,56-,57-,58-,59-,60-,61-,63+/m0/s1. The smallest absolute Gasteiger partial charge is 0.326 e. The number of aromatic amines is 1. The summed E-state index contributed by atoms with van der Waals surface area (Å²) in [5.41, 5.74) is 1.21. The topological polar surface area (TPSA) is 390 Å². The lowest BCUT2D eigenvalue weighted by Gasteiger charge is -2.36. The maximum atomic E-state index is 15.2. The van der Waals surface area contributed by atoms with Crippen LogP contribution in [-0.2, 0) is 83.2 Å². The zero-order valence-corrected chi connectivity index (χ0v) is 58.2. The molecular weight excluding hydrogens is 1310 g/mol. The van der Waals surface area contributed by atoms with E-state index in [9.17, 15) is 43.8 Å². The Hall–Kier alpha value is -10.6. The Morgan fingerprint density at radius 3 is 1.71 bits per heavy atom. The number of benzene rings is 5. The molecule has 5 heterocycles. The third-order valence-corrected chi connectivity index (χ3v) is 18.7. The van der Waals surface area contributed by atoms with Gasteiger partial charge in [0.05, 0.1) is 31.1 Å². The lowest BCUT2D eigenvalue weighted by Crippen LogP contribution is -2.61. The molecule has 0 spiro atoms. The Balaban J connectivity index is 1.05. The summed E-state index contributed by atoms with van der Waals surface area (Å²) in [6.45, 7) is 7.97. The third-order valence-electron chi connectivity index (χ3n) is 18.7. The average molecular weight is 1400 g/mol. The van der Waals surface area contributed by atoms with Gasteiger partial charge in [-0.15, -0.1) is 0 Å². The lowest BCUT2D eigenvalue weighted by molar-refractivity contribution is -0.145. The van der Waals surface area contributed by atoms with Crippen LogP contribution in [0, 0.1) is 5.41 Å². The number of ether oxygens (including phenoxy) is 2. The van der Waals surface area contributed by atoms with Gasteiger partial charge in [0.1, 0.15) is 60.7 Å². The summed E-state index contributed by atoms with van der Waals surface area (Å²) in [5, 5.41) is 49.8. The second-order valence-corrected chi connectivity index (χ2v) is 27.2. The Bertz CT molecular complexity index is 4050. The van der Waals surface area contributed by atoms with Crippen LogP contribution in [0.4, 0.5) is 0 Å². The monoisotopic (exact) mass is 1400 g/mol. The maximum Gasteiger partial charge on any atom is 0.326 e. The van der Waals surface area contributed by atoms with Gasteiger partial charge in [0.25, 0.3) is 0 Å². The molecular formula is C74H91N13O15. The van der Waals surface area contributed by atoms with Crippen molar-refractivity contribution >= 4 is 86.6 Å². The lowest BCUT2D eigenvalue weighted by atomic mass is 9.85. The van der Waals surface area contributed by atoms with Crippen molar-refractivity contribution in [3.05, 3.63) is 156 Å². The highest BCUT2D eigenvalue weighted by Crippen LogP contribution is 2.29. The van der Waals surface area contributed by atoms with Gasteiger partial charge in [-0.05, 0) is 103 Å². The minimum absolute atomic E-state index is 0.0109. The van der Waals surface area contributed by atoms with Gasteiger partial charge in [0.2, 0.25) is 53.2 Å². The van der Waals surface area contributed by atoms with Gasteiger partial charge in [0, 0.05) is 69.5 Å². The summed E-state index contributed by atoms with van der Waals surface area (Å²) in [7, 11) is 3.15. The summed E-state index contributed by atoms with van der Waals surface area (Å²) >= 11 is 0. The van der Waals surface area contributed by atoms with Crippen LogP contribution in [0.3, 0.4) is 0 Å². The van der Waals surface area contributed by atoms with Crippen LogP contribution < -0.4 is 52.6 Å². The van der Waals surface area contributed by atoms with Crippen molar-refractivity contribution in [2.45, 2.75) is 159 Å². The number of carboxylic acid groups (broad SMARTS) is 2. The summed E-state index contributed by atoms with van der Waals surface area (Å²) < 4.78 is 12.3. The molecule has 542 valence electrons. The molecule has 0 unspecified atom stereocenters. The van der Waals surface area contributed by atoms with E-state index >= 15 is 19.2 Å². The first-order valence-electron chi connectivity index (χ1n) is 34.2. The summed E-state index contributed by atoms with van der Waals surface area (Å²) in [4.78, 5) is 167. The fourth-order valence-electron chi connectivity index (χ4n) is 12.7. The second-order valence-electron chi connectivity index (χ2n) is 27.2. The van der Waals surface area contributed by atoms with E-state index in [1.54, 1.807) is 97.3 Å². The number of nitrogens with zero attached hydrogens (tertiary/aromatic N) is 3. The van der Waals surface area contributed by atoms with E-state index in [2.05, 4.69) is 57.8 Å². The first-order valence-corrected chi connectivity index (χ1v) is 34.2. The minimum atomic E-state index is -1.74. The van der Waals surface area contributed by atoms with Gasteiger partial charge in [-0.25, -0.2) is 14.6 Å². The number of H-pyrrole nitrogens is 1. The van der Waals surface area contributed by atoms with Gasteiger partial charge in [-0.2, -0.15) is 0 Å². The Morgan fingerprint density at radius 2 is 1.16 bits per heavy atom. The maximum absolute atomic E-state index is 15.2. The van der Waals surface area contributed by atoms with Crippen molar-refractivity contribution in [2.75, 3.05) is 40.4 Å². The van der Waals surface area contributed by atoms with Gasteiger partial charge < -0.3 is 82.3 Å². The molecule has 1 aromatic heterocycles. The van der Waals surface area contributed by atoms with Crippen molar-refractivity contribution < 1.29 is 72.4 Å². The zero-order chi connectivity index (χ0) is 73.4. The molecule has 28 heteroatoms. The van der Waals surface area contributed by atoms with Crippen LogP contribution in [0.2, 0.25) is 0 Å². The van der Waals surface area contributed by atoms with E-state index in [0.29, 0.717) is 28.1 Å². The number of rotatable bonds is 16. The molecule has 10 rings (SSSR count). The van der Waals surface area contributed by atoms with Gasteiger partial charge in [0.15, 0.2) is 0 Å². The number of aliphatic carboxylic acids is 2. The summed E-state index contributed by atoms with van der Waals surface area (Å²) in [6, 6.07) is 18.5. The highest BCUT2D eigenvalue weighted by Gasteiger charge is 2.48. The molecule has 102 heavy (non-hydrogen) atoms. The quantitative estimate of drug-likeness (QED) is 0.0618. The zero-order valence-electron chi connectivity index (χ0n) is 58.2. The Morgan fingerprint density at radius 1 is 0.618 bits per heavy atom. The first kappa shape index (κ1) is 75.6. The second kappa shape index (κ2) is 34.7. The predicted molar refractivity (Wildman–Crippen MR) is 377 cm³/mol. The number of carbonyl (C=O) groups is 11. The molecule has 0 saturated carbocycles. The molecule has 12 atom stereocenters. The molecule has 0 aliphatic carbocycles. The molecule has 2 saturated heterocycles. The number of fused-ring (bicyclic) bond motifs is 23. The molecule has 6 bridgehead atoms. The first-order chi connectivity index (χ1) is 48.7. The van der Waals surface area contributed by atoms with Gasteiger partial charge >= 0.3 is 11.9 Å². The van der Waals surface area contributed by atoms with Crippen LogP contribution in [-0.4, -0.2) is 208 Å². The fourth-order valence-corrected chi connectivity index (χ4v) is 12.7. The SMILES string of the molecule is CN[C@@H](C)C(=O)N[C@@H](Cc1cnc[nH]1)C(=O)N1C[C@@H]2C[C@H]1C(=O)N[C@@H](Cc1ccc3ccccc3c1)C(=O)N[C@H](C(=O)O)CCC(=O)N[C@H]1C[C@@H](C(=O)N[C@@H](Cc3ccc4ccccc4c3)C(=O)N[C@H](C(=O)O)Cc3ccc(cc3)OC/C=C/CO2)N(C(=O)[C@@H](NC(=O)[C@H](C)NC)C(C)(C)C)C1. The van der Waals surface area contributed by atoms with Gasteiger partial charge in [-0.1, -0.05) is 124 Å². The van der Waals surface area contributed by atoms with Crippen LogP contribution in [0.25, 0.3) is 21.5 Å². The molecule has 5 aromatic carbocycles. The number of hydrogen-bond donors (Lipinski definition) is 12. The molecule has 4 aliphatic heterocycles. The number of hydrogen-bond acceptors (Lipinski definition) is 16. The van der Waals surface area contributed by atoms with Crippen molar-refractivity contribution in [3.63, 3.8) is 0 Å². The number of nitrogens with one attached hydrogen (secondary N) is 10. The third kappa shape index (κ3) is 20.1. The number of likely N-dealkylation sites (N-methyl/N-ethyl adjacent to an activating group) is 2. The number of carbonyl (C=O) groups excluding carboxylic acids is 9. The largest absolute Gasteiger partial charge is 0.490 e. The van der Waals surface area contributed by atoms with E-state index in [4.69, 9.17) is 9.47 Å². The van der Waals surface area contributed by atoms with Crippen molar-refractivity contribution in [3.8, 4) is 5.75 Å². The van der Waals surface area contributed by atoms with Crippen molar-refractivity contribution in [1.82, 2.24) is 67.6 Å². The molecule has 4 aliphatic rings. The van der Waals surface area contributed by atoms with Crippen molar-refractivity contribution in [2.24, 2.45) is 5.41 Å². The van der Waals surface area contributed by atoms with Gasteiger partial charge in [-0.3, -0.25) is 43.2 Å². The molecule has 0 radical (unpaired) electrons. The molecule has 12 N–H and O–H groups in total. The fraction of sp³-hybridized carbons (Fsp3) is 0.432.